The van der Waals surface area contributed by atoms with Crippen molar-refractivity contribution in [1.29, 1.82) is 0 Å². The summed E-state index contributed by atoms with van der Waals surface area (Å²) in [5.41, 5.74) is 0. The summed E-state index contributed by atoms with van der Waals surface area (Å²) in [4.78, 5) is 0. The highest BCUT2D eigenvalue weighted by Gasteiger charge is 2.35. The molecule has 0 aromatic carbocycles. The number of hydrogen-bond donors (Lipinski definition) is 1. The molecule has 12 heavy (non-hydrogen) atoms. The molecule has 2 saturated carbocycles. The zero-order valence-corrected chi connectivity index (χ0v) is 8.18. The van der Waals surface area contributed by atoms with E-state index in [4.69, 9.17) is 0 Å². The first kappa shape index (κ1) is 8.55. The number of rotatable bonds is 2. The Balaban J connectivity index is 1.98. The molecule has 0 radical (unpaired) electrons. The van der Waals surface area contributed by atoms with Crippen LogP contribution in [0.5, 0.6) is 0 Å². The van der Waals surface area contributed by atoms with Crippen LogP contribution in [0.1, 0.15) is 45.4 Å². The Morgan fingerprint density at radius 1 is 1.00 bits per heavy atom. The quantitative estimate of drug-likeness (QED) is 0.666. The molecular formula is C11H21N. The number of fused-ring (bicyclic) bond motifs is 2. The standard InChI is InChI=1S/C11H21N/c1-2-12-11-9-5-3-6-10(11)8-4-7-9/h9-12H,2-8H2,1H3. The average molecular weight is 167 g/mol. The van der Waals surface area contributed by atoms with E-state index in [9.17, 15) is 0 Å². The second-order valence-electron chi connectivity index (χ2n) is 4.47. The van der Waals surface area contributed by atoms with Crippen molar-refractivity contribution in [1.82, 2.24) is 5.32 Å². The van der Waals surface area contributed by atoms with Crippen molar-refractivity contribution in [3.05, 3.63) is 0 Å². The van der Waals surface area contributed by atoms with E-state index in [1.807, 2.05) is 0 Å². The third kappa shape index (κ3) is 1.52. The summed E-state index contributed by atoms with van der Waals surface area (Å²) in [5, 5.41) is 3.69. The maximum absolute atomic E-state index is 3.69. The molecule has 1 nitrogen and oxygen atoms in total. The molecule has 2 bridgehead atoms. The first-order valence-electron chi connectivity index (χ1n) is 5.65. The van der Waals surface area contributed by atoms with Crippen LogP contribution in [0.3, 0.4) is 0 Å². The predicted molar refractivity (Wildman–Crippen MR) is 52.1 cm³/mol. The van der Waals surface area contributed by atoms with Crippen LogP contribution in [0, 0.1) is 11.8 Å². The molecule has 2 aliphatic carbocycles. The van der Waals surface area contributed by atoms with Gasteiger partial charge in [0.05, 0.1) is 0 Å². The van der Waals surface area contributed by atoms with Crippen LogP contribution in [-0.4, -0.2) is 12.6 Å². The van der Waals surface area contributed by atoms with Crippen molar-refractivity contribution in [3.8, 4) is 0 Å². The van der Waals surface area contributed by atoms with Gasteiger partial charge in [-0.3, -0.25) is 0 Å². The predicted octanol–water partition coefficient (Wildman–Crippen LogP) is 2.56. The molecule has 0 amide bonds. The van der Waals surface area contributed by atoms with Crippen molar-refractivity contribution < 1.29 is 0 Å². The van der Waals surface area contributed by atoms with Crippen LogP contribution in [0.25, 0.3) is 0 Å². The van der Waals surface area contributed by atoms with Gasteiger partial charge in [0.2, 0.25) is 0 Å². The Hall–Kier alpha value is -0.0400. The lowest BCUT2D eigenvalue weighted by molar-refractivity contribution is 0.125. The van der Waals surface area contributed by atoms with Crippen molar-refractivity contribution in [2.45, 2.75) is 51.5 Å². The SMILES string of the molecule is CCNC1C2CCCC1CCC2. The lowest BCUT2D eigenvalue weighted by Crippen LogP contribution is -2.47. The molecule has 0 unspecified atom stereocenters. The number of hydrogen-bond acceptors (Lipinski definition) is 1. The number of nitrogens with one attached hydrogen (secondary N) is 1. The van der Waals surface area contributed by atoms with E-state index in [0.29, 0.717) is 0 Å². The molecular weight excluding hydrogens is 146 g/mol. The Bertz CT molecular complexity index is 122. The van der Waals surface area contributed by atoms with Crippen LogP contribution in [0.2, 0.25) is 0 Å². The third-order valence-electron chi connectivity index (χ3n) is 3.76. The van der Waals surface area contributed by atoms with E-state index in [2.05, 4.69) is 12.2 Å². The molecule has 1 N–H and O–H groups in total. The van der Waals surface area contributed by atoms with Gasteiger partial charge in [-0.15, -0.1) is 0 Å². The third-order valence-corrected chi connectivity index (χ3v) is 3.76. The van der Waals surface area contributed by atoms with Gasteiger partial charge in [-0.1, -0.05) is 19.8 Å². The summed E-state index contributed by atoms with van der Waals surface area (Å²) in [5.74, 6) is 2.05. The molecule has 2 rings (SSSR count). The highest BCUT2D eigenvalue weighted by molar-refractivity contribution is 4.90. The van der Waals surface area contributed by atoms with E-state index in [0.717, 1.165) is 24.4 Å². The van der Waals surface area contributed by atoms with Crippen LogP contribution >= 0.6 is 0 Å². The van der Waals surface area contributed by atoms with Crippen LogP contribution < -0.4 is 5.32 Å². The lowest BCUT2D eigenvalue weighted by Gasteiger charge is -2.43. The van der Waals surface area contributed by atoms with Crippen molar-refractivity contribution >= 4 is 0 Å². The van der Waals surface area contributed by atoms with Crippen LogP contribution in [-0.2, 0) is 0 Å². The van der Waals surface area contributed by atoms with Gasteiger partial charge in [0.1, 0.15) is 0 Å². The fourth-order valence-corrected chi connectivity index (χ4v) is 3.25. The fraction of sp³-hybridized carbons (Fsp3) is 1.00. The van der Waals surface area contributed by atoms with Crippen LogP contribution in [0.15, 0.2) is 0 Å². The minimum atomic E-state index is 0.887. The van der Waals surface area contributed by atoms with Crippen molar-refractivity contribution in [3.63, 3.8) is 0 Å². The molecule has 2 aliphatic rings. The Morgan fingerprint density at radius 2 is 1.50 bits per heavy atom. The van der Waals surface area contributed by atoms with E-state index in [1.165, 1.54) is 38.5 Å². The zero-order valence-electron chi connectivity index (χ0n) is 8.18. The largest absolute Gasteiger partial charge is 0.314 e. The monoisotopic (exact) mass is 167 g/mol. The minimum Gasteiger partial charge on any atom is -0.314 e. The molecule has 70 valence electrons. The van der Waals surface area contributed by atoms with E-state index < -0.39 is 0 Å². The van der Waals surface area contributed by atoms with Crippen LogP contribution in [0.4, 0.5) is 0 Å². The van der Waals surface area contributed by atoms with Crippen molar-refractivity contribution in [2.75, 3.05) is 6.54 Å². The summed E-state index contributed by atoms with van der Waals surface area (Å²) in [7, 11) is 0. The summed E-state index contributed by atoms with van der Waals surface area (Å²) < 4.78 is 0. The maximum atomic E-state index is 3.69. The summed E-state index contributed by atoms with van der Waals surface area (Å²) >= 11 is 0. The second-order valence-corrected chi connectivity index (χ2v) is 4.47. The molecule has 0 atom stereocenters. The summed E-state index contributed by atoms with van der Waals surface area (Å²) in [6, 6.07) is 0.887. The molecule has 0 heterocycles. The lowest BCUT2D eigenvalue weighted by atomic mass is 9.68. The van der Waals surface area contributed by atoms with Gasteiger partial charge >= 0.3 is 0 Å². The van der Waals surface area contributed by atoms with E-state index >= 15 is 0 Å². The van der Waals surface area contributed by atoms with Gasteiger partial charge in [-0.05, 0) is 44.1 Å². The highest BCUT2D eigenvalue weighted by Crippen LogP contribution is 2.39. The molecule has 0 aromatic rings. The van der Waals surface area contributed by atoms with Gasteiger partial charge in [0.15, 0.2) is 0 Å². The summed E-state index contributed by atoms with van der Waals surface area (Å²) in [6.45, 7) is 3.40. The highest BCUT2D eigenvalue weighted by atomic mass is 14.9. The zero-order chi connectivity index (χ0) is 8.39. The smallest absolute Gasteiger partial charge is 0.0123 e. The van der Waals surface area contributed by atoms with Gasteiger partial charge in [0, 0.05) is 6.04 Å². The molecule has 1 heteroatoms. The summed E-state index contributed by atoms with van der Waals surface area (Å²) in [6.07, 6.45) is 8.97. The molecule has 0 spiro atoms. The van der Waals surface area contributed by atoms with Crippen molar-refractivity contribution in [2.24, 2.45) is 11.8 Å². The molecule has 0 aliphatic heterocycles. The average Bonchev–Trinajstić information content (AvgIpc) is 2.04. The Morgan fingerprint density at radius 3 is 1.92 bits per heavy atom. The van der Waals surface area contributed by atoms with Gasteiger partial charge in [-0.2, -0.15) is 0 Å². The second kappa shape index (κ2) is 3.78. The van der Waals surface area contributed by atoms with E-state index in [1.54, 1.807) is 0 Å². The van der Waals surface area contributed by atoms with Gasteiger partial charge < -0.3 is 5.32 Å². The topological polar surface area (TPSA) is 12.0 Å². The van der Waals surface area contributed by atoms with Gasteiger partial charge in [-0.25, -0.2) is 0 Å². The Kier molecular flexibility index (Phi) is 2.69. The maximum Gasteiger partial charge on any atom is 0.0123 e. The Labute approximate surface area is 75.9 Å². The molecule has 0 saturated heterocycles. The first-order chi connectivity index (χ1) is 5.92. The molecule has 0 aromatic heterocycles. The van der Waals surface area contributed by atoms with E-state index in [-0.39, 0.29) is 0 Å². The minimum absolute atomic E-state index is 0.887. The first-order valence-corrected chi connectivity index (χ1v) is 5.65. The normalized spacial score (nSPS) is 41.2. The van der Waals surface area contributed by atoms with Gasteiger partial charge in [0.25, 0.3) is 0 Å². The fourth-order valence-electron chi connectivity index (χ4n) is 3.25. The molecule has 2 fully saturated rings.